The summed E-state index contributed by atoms with van der Waals surface area (Å²) in [6.07, 6.45) is -0.304. The van der Waals surface area contributed by atoms with Gasteiger partial charge in [-0.2, -0.15) is 0 Å². The molecule has 11 atom stereocenters. The topological polar surface area (TPSA) is 301 Å². The Balaban J connectivity index is 2.12. The van der Waals surface area contributed by atoms with Crippen molar-refractivity contribution in [2.45, 2.75) is 182 Å². The Hall–Kier alpha value is -6.20. The maximum atomic E-state index is 14.5. The summed E-state index contributed by atoms with van der Waals surface area (Å²) >= 11 is 0. The van der Waals surface area contributed by atoms with Gasteiger partial charge in [-0.05, 0) is 63.6 Å². The number of carboxylic acids is 1. The van der Waals surface area contributed by atoms with Gasteiger partial charge in [-0.1, -0.05) is 106 Å². The molecule has 0 saturated carbocycles. The van der Waals surface area contributed by atoms with E-state index >= 15 is 0 Å². The fourth-order valence-corrected chi connectivity index (χ4v) is 10.0. The highest BCUT2D eigenvalue weighted by molar-refractivity contribution is 5.92. The number of rotatable bonds is 34. The van der Waals surface area contributed by atoms with E-state index in [-0.39, 0.29) is 86.8 Å². The lowest BCUT2D eigenvalue weighted by atomic mass is 9.89. The molecule has 0 spiro atoms. The second-order valence-electron chi connectivity index (χ2n) is 23.2. The third-order valence-corrected chi connectivity index (χ3v) is 14.8. The number of hydrogen-bond acceptors (Lipinski definition) is 14. The molecule has 1 saturated heterocycles. The predicted molar refractivity (Wildman–Crippen MR) is 305 cm³/mol. The third kappa shape index (κ3) is 22.6. The number of nitrogens with one attached hydrogen (secondary N) is 6. The molecule has 23 heteroatoms. The summed E-state index contributed by atoms with van der Waals surface area (Å²) in [6.45, 7) is 20.1. The van der Waals surface area contributed by atoms with Crippen molar-refractivity contribution in [1.29, 1.82) is 0 Å². The summed E-state index contributed by atoms with van der Waals surface area (Å²) in [6, 6.07) is 2.96. The van der Waals surface area contributed by atoms with Gasteiger partial charge in [0.15, 0.2) is 0 Å². The lowest BCUT2D eigenvalue weighted by Gasteiger charge is -2.41. The van der Waals surface area contributed by atoms with Crippen LogP contribution >= 0.6 is 0 Å². The molecule has 1 heterocycles. The predicted octanol–water partition coefficient (Wildman–Crippen LogP) is 2.43. The van der Waals surface area contributed by atoms with Gasteiger partial charge in [-0.3, -0.25) is 43.3 Å². The zero-order valence-electron chi connectivity index (χ0n) is 51.0. The number of carboxylic acid groups (broad SMARTS) is 1. The molecule has 8 amide bonds. The molecule has 1 aromatic carbocycles. The van der Waals surface area contributed by atoms with Crippen LogP contribution in [-0.2, 0) is 68.6 Å². The molecule has 0 unspecified atom stereocenters. The summed E-state index contributed by atoms with van der Waals surface area (Å²) < 4.78 is 17.4. The van der Waals surface area contributed by atoms with Crippen LogP contribution in [-0.4, -0.2) is 195 Å². The highest BCUT2D eigenvalue weighted by Gasteiger charge is 2.44. The fraction of sp³-hybridized carbons (Fsp3) is 0.724. The van der Waals surface area contributed by atoms with Crippen LogP contribution in [0.1, 0.15) is 127 Å². The fourth-order valence-electron chi connectivity index (χ4n) is 10.0. The minimum absolute atomic E-state index is 0.00364. The van der Waals surface area contributed by atoms with Crippen LogP contribution < -0.4 is 31.9 Å². The number of amides is 8. The quantitative estimate of drug-likeness (QED) is 0.0385. The number of methoxy groups -OCH3 is 2. The minimum Gasteiger partial charge on any atom is -0.480 e. The van der Waals surface area contributed by atoms with E-state index in [0.29, 0.717) is 25.8 Å². The first-order valence-electron chi connectivity index (χ1n) is 28.4. The second kappa shape index (κ2) is 34.3. The molecule has 0 bridgehead atoms. The SMILES string of the molecule is CC[C@H](C)[C@@H]([C@@H](CC(=O)N1CCC[C@H]1[C@H](OC)[C@@H](C)C(=O)N[C@@H](Cc1ccccc1)C(=O)NCCCOC(=O)[C@H](C)NC(=O)C[C@H](NC(=O)CCNC(=O)C(C)(C)C)C(=O)O)OC)N(C)C(=O)[C@@H](NC(=O)[C@H](C(C)C)N(C)C)C(C)C. The van der Waals surface area contributed by atoms with E-state index < -0.39 is 108 Å². The summed E-state index contributed by atoms with van der Waals surface area (Å²) in [7, 11) is 8.35. The average molecular weight is 1140 g/mol. The molecule has 0 aliphatic carbocycles. The standard InChI is InChI=1S/C58H97N9O14/c1-17-36(6)49(66(14)54(74)47(34(2)3)64-53(73)48(35(4)5)65(12)13)43(79-15)33-46(70)67-29-21-25-42(67)50(80-16)37(7)51(71)63-40(31-39-23-19-18-20-24-39)52(72)59-27-22-30-81-56(77)38(8)61-45(69)32-41(55(75)76)62-44(68)26-28-60-57(78)58(9,10)11/h18-20,23-24,34-38,40-43,47-50H,17,21-22,25-33H2,1-16H3,(H,59,72)(H,60,78)(H,61,69)(H,62,68)(H,63,71)(H,64,73)(H,75,76)/t36-,37+,38-,40-,41-,42-,43+,47-,48-,49-,50+/m0/s1. The Bertz CT molecular complexity index is 2230. The molecule has 81 heavy (non-hydrogen) atoms. The largest absolute Gasteiger partial charge is 0.480 e. The first-order chi connectivity index (χ1) is 37.9. The monoisotopic (exact) mass is 1140 g/mol. The first-order valence-corrected chi connectivity index (χ1v) is 28.4. The molecule has 7 N–H and O–H groups in total. The zero-order chi connectivity index (χ0) is 61.5. The lowest BCUT2D eigenvalue weighted by molar-refractivity contribution is -0.148. The van der Waals surface area contributed by atoms with Gasteiger partial charge in [0.05, 0.1) is 55.7 Å². The van der Waals surface area contributed by atoms with Gasteiger partial charge in [0.1, 0.15) is 24.2 Å². The third-order valence-electron chi connectivity index (χ3n) is 14.8. The van der Waals surface area contributed by atoms with Crippen LogP contribution in [0.2, 0.25) is 0 Å². The maximum Gasteiger partial charge on any atom is 0.328 e. The molecule has 1 aromatic rings. The van der Waals surface area contributed by atoms with E-state index in [0.717, 1.165) is 5.56 Å². The van der Waals surface area contributed by atoms with E-state index in [9.17, 15) is 53.1 Å². The Kier molecular flexibility index (Phi) is 30.0. The molecule has 2 rings (SSSR count). The van der Waals surface area contributed by atoms with Crippen LogP contribution in [0, 0.1) is 29.1 Å². The maximum absolute atomic E-state index is 14.5. The summed E-state index contributed by atoms with van der Waals surface area (Å²) in [5, 5.41) is 25.6. The van der Waals surface area contributed by atoms with E-state index in [1.54, 1.807) is 44.5 Å². The van der Waals surface area contributed by atoms with Crippen LogP contribution in [0.4, 0.5) is 0 Å². The summed E-state index contributed by atoms with van der Waals surface area (Å²) in [5.41, 5.74) is 0.0888. The number of benzene rings is 1. The van der Waals surface area contributed by atoms with Crippen LogP contribution in [0.15, 0.2) is 30.3 Å². The van der Waals surface area contributed by atoms with Gasteiger partial charge in [-0.25, -0.2) is 9.59 Å². The van der Waals surface area contributed by atoms with Crippen molar-refractivity contribution in [2.24, 2.45) is 29.1 Å². The highest BCUT2D eigenvalue weighted by atomic mass is 16.5. The molecule has 23 nitrogen and oxygen atoms in total. The number of carbonyl (C=O) groups is 10. The lowest BCUT2D eigenvalue weighted by Crippen LogP contribution is -2.59. The Morgan fingerprint density at radius 2 is 1.40 bits per heavy atom. The molecule has 1 aliphatic rings. The number of aliphatic carboxylic acids is 1. The average Bonchev–Trinajstić information content (AvgIpc) is 3.91. The van der Waals surface area contributed by atoms with Gasteiger partial charge < -0.3 is 61.0 Å². The zero-order valence-corrected chi connectivity index (χ0v) is 51.0. The number of likely N-dealkylation sites (N-methyl/N-ethyl adjacent to an activating group) is 2. The van der Waals surface area contributed by atoms with Crippen LogP contribution in [0.25, 0.3) is 0 Å². The molecule has 1 fully saturated rings. The second-order valence-corrected chi connectivity index (χ2v) is 23.2. The van der Waals surface area contributed by atoms with Crippen molar-refractivity contribution >= 4 is 59.2 Å². The Morgan fingerprint density at radius 3 is 1.94 bits per heavy atom. The van der Waals surface area contributed by atoms with Crippen molar-refractivity contribution in [3.8, 4) is 0 Å². The van der Waals surface area contributed by atoms with Crippen molar-refractivity contribution < 1.29 is 67.3 Å². The molecule has 1 aliphatic heterocycles. The minimum atomic E-state index is -1.60. The van der Waals surface area contributed by atoms with E-state index in [4.69, 9.17) is 14.2 Å². The summed E-state index contributed by atoms with van der Waals surface area (Å²) in [5.74, 6) is -7.07. The van der Waals surface area contributed by atoms with Gasteiger partial charge in [0.2, 0.25) is 47.3 Å². The van der Waals surface area contributed by atoms with Gasteiger partial charge in [0.25, 0.3) is 0 Å². The number of esters is 1. The van der Waals surface area contributed by atoms with Crippen molar-refractivity contribution in [2.75, 3.05) is 61.6 Å². The molecule has 0 aromatic heterocycles. The number of nitrogens with zero attached hydrogens (tertiary/aromatic N) is 3. The number of hydrogen-bond donors (Lipinski definition) is 7. The molecule has 0 radical (unpaired) electrons. The number of carbonyl (C=O) groups excluding carboxylic acids is 9. The van der Waals surface area contributed by atoms with E-state index in [2.05, 4.69) is 31.9 Å². The molecular weight excluding hydrogens is 1050 g/mol. The van der Waals surface area contributed by atoms with Crippen molar-refractivity contribution in [3.05, 3.63) is 35.9 Å². The summed E-state index contributed by atoms with van der Waals surface area (Å²) in [4.78, 5) is 137. The Morgan fingerprint density at radius 1 is 0.753 bits per heavy atom. The molecule has 458 valence electrons. The Labute approximate surface area is 480 Å². The number of ether oxygens (including phenoxy) is 3. The normalized spacial score (nSPS) is 17.3. The van der Waals surface area contributed by atoms with Gasteiger partial charge in [0, 0.05) is 59.2 Å². The van der Waals surface area contributed by atoms with E-state index in [1.165, 1.54) is 21.1 Å². The van der Waals surface area contributed by atoms with E-state index in [1.807, 2.05) is 90.9 Å². The highest BCUT2D eigenvalue weighted by Crippen LogP contribution is 2.30. The number of likely N-dealkylation sites (tertiary alicyclic amines) is 1. The van der Waals surface area contributed by atoms with Crippen LogP contribution in [0.5, 0.6) is 0 Å². The van der Waals surface area contributed by atoms with Gasteiger partial charge >= 0.3 is 11.9 Å². The molecular formula is C58H97N9O14. The van der Waals surface area contributed by atoms with Gasteiger partial charge in [-0.15, -0.1) is 0 Å². The van der Waals surface area contributed by atoms with Crippen molar-refractivity contribution in [3.63, 3.8) is 0 Å². The van der Waals surface area contributed by atoms with Crippen LogP contribution in [0.3, 0.4) is 0 Å². The first kappa shape index (κ1) is 70.9. The smallest absolute Gasteiger partial charge is 0.328 e. The van der Waals surface area contributed by atoms with Crippen molar-refractivity contribution in [1.82, 2.24) is 46.6 Å².